The Morgan fingerprint density at radius 1 is 1.15 bits per heavy atom. The van der Waals surface area contributed by atoms with Crippen LogP contribution in [0.2, 0.25) is 0 Å². The standard InChI is InChI=1S/C26H35N7O/c1-2-31-11-13-32(14-12-31)18-19-7-9-22(10-8-19)29-26-28-17-21-15-20(16-27)25(34)33(24(21)30-26)23-5-3-4-6-23/h9,15,17,19,23H,2-8,10-14,18H2,1H3,(H,28,29,30). The molecular formula is C26H35N7O. The number of nitrogens with zero attached hydrogens (tertiary/aromatic N) is 6. The van der Waals surface area contributed by atoms with Crippen molar-refractivity contribution in [1.29, 1.82) is 5.26 Å². The van der Waals surface area contributed by atoms with Gasteiger partial charge in [-0.05, 0) is 50.6 Å². The van der Waals surface area contributed by atoms with Crippen LogP contribution in [0.4, 0.5) is 5.95 Å². The summed E-state index contributed by atoms with van der Waals surface area (Å²) in [6.07, 6.45) is 11.4. The van der Waals surface area contributed by atoms with E-state index < -0.39 is 0 Å². The third-order valence-electron chi connectivity index (χ3n) is 7.80. The number of piperazine rings is 1. The molecule has 1 saturated carbocycles. The third-order valence-corrected chi connectivity index (χ3v) is 7.80. The van der Waals surface area contributed by atoms with E-state index in [-0.39, 0.29) is 17.2 Å². The van der Waals surface area contributed by atoms with Gasteiger partial charge in [-0.2, -0.15) is 10.2 Å². The molecule has 2 aromatic rings. The van der Waals surface area contributed by atoms with E-state index >= 15 is 0 Å². The molecule has 3 aliphatic rings. The van der Waals surface area contributed by atoms with Gasteiger partial charge in [0.1, 0.15) is 17.3 Å². The fourth-order valence-corrected chi connectivity index (χ4v) is 5.73. The summed E-state index contributed by atoms with van der Waals surface area (Å²) < 4.78 is 1.75. The van der Waals surface area contributed by atoms with Crippen LogP contribution in [0.15, 0.2) is 28.8 Å². The number of nitriles is 1. The molecule has 8 nitrogen and oxygen atoms in total. The number of anilines is 1. The average Bonchev–Trinajstić information content (AvgIpc) is 3.40. The maximum atomic E-state index is 13.0. The van der Waals surface area contributed by atoms with Crippen LogP contribution < -0.4 is 10.9 Å². The predicted molar refractivity (Wildman–Crippen MR) is 134 cm³/mol. The van der Waals surface area contributed by atoms with E-state index in [0.717, 1.165) is 56.2 Å². The number of fused-ring (bicyclic) bond motifs is 1. The lowest BCUT2D eigenvalue weighted by molar-refractivity contribution is 0.119. The molecule has 0 radical (unpaired) electrons. The van der Waals surface area contributed by atoms with E-state index in [2.05, 4.69) is 39.2 Å². The highest BCUT2D eigenvalue weighted by Crippen LogP contribution is 2.31. The molecule has 1 saturated heterocycles. The Morgan fingerprint density at radius 3 is 2.59 bits per heavy atom. The van der Waals surface area contributed by atoms with Crippen LogP contribution in [0.5, 0.6) is 0 Å². The molecule has 2 fully saturated rings. The molecule has 1 atom stereocenters. The molecule has 2 aliphatic carbocycles. The third kappa shape index (κ3) is 4.86. The van der Waals surface area contributed by atoms with Crippen molar-refractivity contribution in [2.24, 2.45) is 5.92 Å². The molecular weight excluding hydrogens is 426 g/mol. The number of rotatable bonds is 6. The van der Waals surface area contributed by atoms with E-state index in [9.17, 15) is 10.1 Å². The van der Waals surface area contributed by atoms with Crippen molar-refractivity contribution in [1.82, 2.24) is 24.3 Å². The molecule has 3 heterocycles. The number of pyridine rings is 1. The number of likely N-dealkylation sites (N-methyl/N-ethyl adjacent to an activating group) is 1. The SMILES string of the molecule is CCN1CCN(CC2CC=C(Nc3ncc4cc(C#N)c(=O)n(C5CCCC5)c4n3)CC2)CC1. The van der Waals surface area contributed by atoms with Crippen molar-refractivity contribution < 1.29 is 0 Å². The summed E-state index contributed by atoms with van der Waals surface area (Å²) in [5, 5.41) is 13.6. The lowest BCUT2D eigenvalue weighted by Gasteiger charge is -2.36. The van der Waals surface area contributed by atoms with Crippen LogP contribution in [0.1, 0.15) is 63.5 Å². The van der Waals surface area contributed by atoms with Gasteiger partial charge in [-0.25, -0.2) is 4.98 Å². The second-order valence-corrected chi connectivity index (χ2v) is 9.99. The zero-order valence-corrected chi connectivity index (χ0v) is 20.2. The Kier molecular flexibility index (Phi) is 6.93. The van der Waals surface area contributed by atoms with E-state index in [4.69, 9.17) is 4.98 Å². The molecule has 0 spiro atoms. The summed E-state index contributed by atoms with van der Waals surface area (Å²) in [7, 11) is 0. The van der Waals surface area contributed by atoms with Crippen LogP contribution in [-0.2, 0) is 0 Å². The smallest absolute Gasteiger partial charge is 0.270 e. The summed E-state index contributed by atoms with van der Waals surface area (Å²) in [5.41, 5.74) is 1.73. The predicted octanol–water partition coefficient (Wildman–Crippen LogP) is 3.51. The Morgan fingerprint density at radius 2 is 1.91 bits per heavy atom. The first kappa shape index (κ1) is 23.0. The van der Waals surface area contributed by atoms with Gasteiger partial charge in [0.25, 0.3) is 5.56 Å². The highest BCUT2D eigenvalue weighted by molar-refractivity contribution is 5.77. The largest absolute Gasteiger partial charge is 0.328 e. The number of hydrogen-bond donors (Lipinski definition) is 1. The van der Waals surface area contributed by atoms with Crippen LogP contribution in [0.25, 0.3) is 11.0 Å². The Balaban J connectivity index is 1.28. The first-order valence-electron chi connectivity index (χ1n) is 12.9. The number of nitrogens with one attached hydrogen (secondary N) is 1. The molecule has 1 aliphatic heterocycles. The Hall–Kier alpha value is -2.76. The fraction of sp³-hybridized carbons (Fsp3) is 0.615. The number of allylic oxidation sites excluding steroid dienone is 2. The van der Waals surface area contributed by atoms with Gasteiger partial charge in [0.05, 0.1) is 0 Å². The zero-order valence-electron chi connectivity index (χ0n) is 20.2. The van der Waals surface area contributed by atoms with Crippen molar-refractivity contribution in [3.05, 3.63) is 40.0 Å². The number of aromatic nitrogens is 3. The molecule has 0 aromatic carbocycles. The topological polar surface area (TPSA) is 90.1 Å². The monoisotopic (exact) mass is 461 g/mol. The van der Waals surface area contributed by atoms with Gasteiger partial charge in [-0.1, -0.05) is 25.8 Å². The molecule has 0 bridgehead atoms. The first-order chi connectivity index (χ1) is 16.6. The quantitative estimate of drug-likeness (QED) is 0.704. The molecule has 5 rings (SSSR count). The van der Waals surface area contributed by atoms with Crippen LogP contribution in [0, 0.1) is 17.2 Å². The van der Waals surface area contributed by atoms with Gasteiger partial charge in [0, 0.05) is 56.0 Å². The zero-order chi connectivity index (χ0) is 23.5. The minimum Gasteiger partial charge on any atom is -0.328 e. The lowest BCUT2D eigenvalue weighted by Crippen LogP contribution is -2.47. The van der Waals surface area contributed by atoms with Crippen molar-refractivity contribution in [3.63, 3.8) is 0 Å². The number of hydrogen-bond acceptors (Lipinski definition) is 7. The summed E-state index contributed by atoms with van der Waals surface area (Å²) in [4.78, 5) is 27.4. The van der Waals surface area contributed by atoms with E-state index in [1.54, 1.807) is 16.8 Å². The van der Waals surface area contributed by atoms with E-state index in [1.165, 1.54) is 39.1 Å². The second-order valence-electron chi connectivity index (χ2n) is 9.99. The van der Waals surface area contributed by atoms with E-state index in [0.29, 0.717) is 17.5 Å². The molecule has 8 heteroatoms. The maximum absolute atomic E-state index is 13.0. The van der Waals surface area contributed by atoms with Gasteiger partial charge in [-0.3, -0.25) is 9.36 Å². The minimum absolute atomic E-state index is 0.111. The summed E-state index contributed by atoms with van der Waals surface area (Å²) in [6, 6.07) is 3.78. The van der Waals surface area contributed by atoms with E-state index in [1.807, 2.05) is 0 Å². The molecule has 2 aromatic heterocycles. The van der Waals surface area contributed by atoms with Gasteiger partial charge in [0.2, 0.25) is 5.95 Å². The average molecular weight is 462 g/mol. The van der Waals surface area contributed by atoms with Gasteiger partial charge < -0.3 is 15.1 Å². The molecule has 0 amide bonds. The summed E-state index contributed by atoms with van der Waals surface area (Å²) in [5.74, 6) is 1.23. The highest BCUT2D eigenvalue weighted by atomic mass is 16.1. The molecule has 34 heavy (non-hydrogen) atoms. The molecule has 1 unspecified atom stereocenters. The Labute approximate surface area is 201 Å². The summed E-state index contributed by atoms with van der Waals surface area (Å²) >= 11 is 0. The van der Waals surface area contributed by atoms with Gasteiger partial charge in [-0.15, -0.1) is 0 Å². The van der Waals surface area contributed by atoms with Crippen molar-refractivity contribution >= 4 is 17.0 Å². The summed E-state index contributed by atoms with van der Waals surface area (Å²) in [6.45, 7) is 9.32. The maximum Gasteiger partial charge on any atom is 0.270 e. The lowest BCUT2D eigenvalue weighted by atomic mass is 9.91. The second kappa shape index (κ2) is 10.2. The van der Waals surface area contributed by atoms with Crippen LogP contribution in [0.3, 0.4) is 0 Å². The van der Waals surface area contributed by atoms with Crippen molar-refractivity contribution in [2.75, 3.05) is 44.6 Å². The van der Waals surface area contributed by atoms with Gasteiger partial charge in [0.15, 0.2) is 0 Å². The highest BCUT2D eigenvalue weighted by Gasteiger charge is 2.24. The Bertz CT molecular complexity index is 1150. The first-order valence-corrected chi connectivity index (χ1v) is 12.9. The minimum atomic E-state index is -0.231. The normalized spacial score (nSPS) is 22.6. The van der Waals surface area contributed by atoms with Gasteiger partial charge >= 0.3 is 0 Å². The van der Waals surface area contributed by atoms with Crippen LogP contribution in [-0.4, -0.2) is 63.6 Å². The van der Waals surface area contributed by atoms with Crippen LogP contribution >= 0.6 is 0 Å². The molecule has 1 N–H and O–H groups in total. The molecule has 180 valence electrons. The van der Waals surface area contributed by atoms with Crippen molar-refractivity contribution in [2.45, 2.75) is 57.9 Å². The van der Waals surface area contributed by atoms with Crippen molar-refractivity contribution in [3.8, 4) is 6.07 Å². The fourth-order valence-electron chi connectivity index (χ4n) is 5.73.